The Bertz CT molecular complexity index is 271. The van der Waals surface area contributed by atoms with Crippen LogP contribution in [-0.2, 0) is 0 Å². The fourth-order valence-electron chi connectivity index (χ4n) is 0.510. The fourth-order valence-corrected chi connectivity index (χ4v) is 0.707. The summed E-state index contributed by atoms with van der Waals surface area (Å²) in [5.41, 5.74) is 0. The lowest BCUT2D eigenvalue weighted by molar-refractivity contribution is 0.424. The number of hydrogen-bond donors (Lipinski definition) is 1. The lowest BCUT2D eigenvalue weighted by atomic mass is 10.3. The van der Waals surface area contributed by atoms with Gasteiger partial charge < -0.3 is 0 Å². The zero-order valence-corrected chi connectivity index (χ0v) is 5.85. The van der Waals surface area contributed by atoms with Crippen LogP contribution in [0, 0.1) is 29.3 Å². The third kappa shape index (κ3) is 1.33. The largest absolute Gasteiger partial charge is 0.203 e. The number of thiol groups is 1. The topological polar surface area (TPSA) is 0 Å². The molecule has 1 radical (unpaired) electrons. The minimum absolute atomic E-state index is 0.973. The van der Waals surface area contributed by atoms with Crippen molar-refractivity contribution >= 4 is 12.6 Å². The molecular formula is C6HF4S. The van der Waals surface area contributed by atoms with E-state index in [1.54, 1.807) is 0 Å². The Kier molecular flexibility index (Phi) is 2.08. The molecule has 0 fully saturated rings. The Morgan fingerprint density at radius 2 is 1.27 bits per heavy atom. The van der Waals surface area contributed by atoms with Gasteiger partial charge in [0.05, 0.1) is 11.0 Å². The van der Waals surface area contributed by atoms with Gasteiger partial charge in [-0.25, -0.2) is 17.6 Å². The first-order valence-electron chi connectivity index (χ1n) is 2.48. The smallest absolute Gasteiger partial charge is 0.175 e. The number of rotatable bonds is 0. The minimum Gasteiger partial charge on any atom is -0.203 e. The molecule has 11 heavy (non-hydrogen) atoms. The van der Waals surface area contributed by atoms with Gasteiger partial charge in [0.1, 0.15) is 0 Å². The highest BCUT2D eigenvalue weighted by Crippen LogP contribution is 2.21. The van der Waals surface area contributed by atoms with E-state index in [1.165, 1.54) is 6.07 Å². The normalized spacial score (nSPS) is 10.3. The third-order valence-electron chi connectivity index (χ3n) is 1.02. The molecule has 0 unspecified atom stereocenters. The van der Waals surface area contributed by atoms with Crippen molar-refractivity contribution < 1.29 is 17.6 Å². The molecule has 0 aliphatic carbocycles. The van der Waals surface area contributed by atoms with Crippen molar-refractivity contribution in [2.75, 3.05) is 0 Å². The molecule has 0 aromatic heterocycles. The molecule has 0 aliphatic rings. The summed E-state index contributed by atoms with van der Waals surface area (Å²) in [5.74, 6) is -6.22. The summed E-state index contributed by atoms with van der Waals surface area (Å²) in [7, 11) is 0. The first-order chi connectivity index (χ1) is 5.04. The van der Waals surface area contributed by atoms with Gasteiger partial charge in [0.15, 0.2) is 23.3 Å². The van der Waals surface area contributed by atoms with Crippen LogP contribution in [0.15, 0.2) is 4.90 Å². The van der Waals surface area contributed by atoms with Gasteiger partial charge in [-0.1, -0.05) is 0 Å². The maximum absolute atomic E-state index is 12.3. The predicted molar refractivity (Wildman–Crippen MR) is 32.4 cm³/mol. The lowest BCUT2D eigenvalue weighted by Gasteiger charge is -1.98. The number of halogens is 4. The first-order valence-corrected chi connectivity index (χ1v) is 2.93. The maximum atomic E-state index is 12.3. The molecule has 0 heterocycles. The van der Waals surface area contributed by atoms with Crippen LogP contribution >= 0.6 is 12.6 Å². The predicted octanol–water partition coefficient (Wildman–Crippen LogP) is 2.33. The zero-order chi connectivity index (χ0) is 8.59. The van der Waals surface area contributed by atoms with E-state index >= 15 is 0 Å². The Labute approximate surface area is 65.2 Å². The molecule has 0 saturated heterocycles. The molecule has 1 aromatic rings. The SMILES string of the molecule is Fc1[c]c(F)c(F)c(S)c1F. The summed E-state index contributed by atoms with van der Waals surface area (Å²) in [6.07, 6.45) is 0. The van der Waals surface area contributed by atoms with E-state index in [2.05, 4.69) is 12.6 Å². The van der Waals surface area contributed by atoms with Crippen LogP contribution in [0.5, 0.6) is 0 Å². The van der Waals surface area contributed by atoms with Crippen molar-refractivity contribution in [2.24, 2.45) is 0 Å². The van der Waals surface area contributed by atoms with Gasteiger partial charge >= 0.3 is 0 Å². The molecule has 0 atom stereocenters. The van der Waals surface area contributed by atoms with Crippen LogP contribution in [0.4, 0.5) is 17.6 Å². The second kappa shape index (κ2) is 2.73. The first kappa shape index (κ1) is 8.39. The Hall–Kier alpha value is -0.710. The Morgan fingerprint density at radius 1 is 0.909 bits per heavy atom. The summed E-state index contributed by atoms with van der Waals surface area (Å²) >= 11 is 3.20. The summed E-state index contributed by atoms with van der Waals surface area (Å²) in [6, 6.07) is 1.22. The van der Waals surface area contributed by atoms with Crippen LogP contribution in [-0.4, -0.2) is 0 Å². The quantitative estimate of drug-likeness (QED) is 0.354. The minimum atomic E-state index is -1.58. The summed E-state index contributed by atoms with van der Waals surface area (Å²) in [5, 5.41) is 0. The average molecular weight is 181 g/mol. The molecule has 1 rings (SSSR count). The van der Waals surface area contributed by atoms with E-state index in [9.17, 15) is 17.6 Å². The molecule has 0 bridgehead atoms. The highest BCUT2D eigenvalue weighted by molar-refractivity contribution is 7.80. The summed E-state index contributed by atoms with van der Waals surface area (Å²) in [4.78, 5) is -0.973. The van der Waals surface area contributed by atoms with Crippen LogP contribution < -0.4 is 0 Å². The highest BCUT2D eigenvalue weighted by atomic mass is 32.1. The van der Waals surface area contributed by atoms with Crippen LogP contribution in [0.2, 0.25) is 0 Å². The van der Waals surface area contributed by atoms with Crippen LogP contribution in [0.1, 0.15) is 0 Å². The Morgan fingerprint density at radius 3 is 1.64 bits per heavy atom. The van der Waals surface area contributed by atoms with E-state index < -0.39 is 28.2 Å². The van der Waals surface area contributed by atoms with E-state index in [4.69, 9.17) is 0 Å². The van der Waals surface area contributed by atoms with Gasteiger partial charge in [-0.05, 0) is 0 Å². The zero-order valence-electron chi connectivity index (χ0n) is 4.96. The van der Waals surface area contributed by atoms with Crippen LogP contribution in [0.25, 0.3) is 0 Å². The molecule has 5 heteroatoms. The Balaban J connectivity index is 3.46. The van der Waals surface area contributed by atoms with Crippen molar-refractivity contribution in [2.45, 2.75) is 4.90 Å². The van der Waals surface area contributed by atoms with Crippen molar-refractivity contribution in [3.05, 3.63) is 29.3 Å². The summed E-state index contributed by atoms with van der Waals surface area (Å²) in [6.45, 7) is 0. The second-order valence-electron chi connectivity index (χ2n) is 1.73. The molecule has 1 aromatic carbocycles. The molecule has 0 nitrogen and oxygen atoms in total. The third-order valence-corrected chi connectivity index (χ3v) is 1.41. The van der Waals surface area contributed by atoms with E-state index in [0.29, 0.717) is 0 Å². The molecule has 0 aliphatic heterocycles. The standard InChI is InChI=1S/C6HF4S/c7-2-1-3(8)5(10)6(11)4(2)9/h11H. The molecule has 0 spiro atoms. The monoisotopic (exact) mass is 181 g/mol. The highest BCUT2D eigenvalue weighted by Gasteiger charge is 2.16. The van der Waals surface area contributed by atoms with Gasteiger partial charge in [-0.2, -0.15) is 0 Å². The van der Waals surface area contributed by atoms with E-state index in [0.717, 1.165) is 0 Å². The number of benzene rings is 1. The van der Waals surface area contributed by atoms with Gasteiger partial charge in [0, 0.05) is 0 Å². The molecule has 59 valence electrons. The van der Waals surface area contributed by atoms with Crippen molar-refractivity contribution in [1.29, 1.82) is 0 Å². The second-order valence-corrected chi connectivity index (χ2v) is 2.18. The lowest BCUT2D eigenvalue weighted by Crippen LogP contribution is -1.95. The van der Waals surface area contributed by atoms with Crippen molar-refractivity contribution in [1.82, 2.24) is 0 Å². The van der Waals surface area contributed by atoms with Gasteiger partial charge in [0.2, 0.25) is 0 Å². The average Bonchev–Trinajstić information content (AvgIpc) is 1.97. The fraction of sp³-hybridized carbons (Fsp3) is 0. The van der Waals surface area contributed by atoms with Gasteiger partial charge in [-0.15, -0.1) is 12.6 Å². The van der Waals surface area contributed by atoms with Gasteiger partial charge in [0.25, 0.3) is 0 Å². The van der Waals surface area contributed by atoms with Crippen LogP contribution in [0.3, 0.4) is 0 Å². The number of hydrogen-bond acceptors (Lipinski definition) is 1. The van der Waals surface area contributed by atoms with E-state index in [1.807, 2.05) is 0 Å². The maximum Gasteiger partial charge on any atom is 0.175 e. The van der Waals surface area contributed by atoms with Crippen molar-refractivity contribution in [3.63, 3.8) is 0 Å². The molecule has 0 saturated carbocycles. The molecule has 0 N–H and O–H groups in total. The van der Waals surface area contributed by atoms with Gasteiger partial charge in [-0.3, -0.25) is 0 Å². The summed E-state index contributed by atoms with van der Waals surface area (Å²) < 4.78 is 48.8. The molecule has 0 amide bonds. The molecular weight excluding hydrogens is 180 g/mol. The van der Waals surface area contributed by atoms with E-state index in [-0.39, 0.29) is 0 Å². The van der Waals surface area contributed by atoms with Crippen molar-refractivity contribution in [3.8, 4) is 0 Å².